The molecule has 33 heavy (non-hydrogen) atoms. The first-order valence-electron chi connectivity index (χ1n) is 10.1. The molecule has 1 aromatic carbocycles. The van der Waals surface area contributed by atoms with Crippen LogP contribution in [0.25, 0.3) is 0 Å². The smallest absolute Gasteiger partial charge is 0.176 e. The Bertz CT molecular complexity index is 1300. The summed E-state index contributed by atoms with van der Waals surface area (Å²) in [7, 11) is 0. The van der Waals surface area contributed by atoms with Gasteiger partial charge in [0, 0.05) is 30.2 Å². The molecule has 0 unspecified atom stereocenters. The Morgan fingerprint density at radius 3 is 2.61 bits per heavy atom. The lowest BCUT2D eigenvalue weighted by Crippen LogP contribution is -2.19. The van der Waals surface area contributed by atoms with Crippen LogP contribution in [-0.4, -0.2) is 34.5 Å². The highest BCUT2D eigenvalue weighted by molar-refractivity contribution is 9.10. The third kappa shape index (κ3) is 5.75. The van der Waals surface area contributed by atoms with Crippen LogP contribution < -0.4 is 10.6 Å². The number of aryl methyl sites for hydroxylation is 1. The van der Waals surface area contributed by atoms with Gasteiger partial charge in [0.1, 0.15) is 0 Å². The quantitative estimate of drug-likeness (QED) is 0.284. The first kappa shape index (κ1) is 23.7. The molecule has 8 nitrogen and oxygen atoms in total. The highest BCUT2D eigenvalue weighted by Crippen LogP contribution is 2.25. The van der Waals surface area contributed by atoms with Crippen LogP contribution in [0.1, 0.15) is 23.7 Å². The lowest BCUT2D eigenvalue weighted by atomic mass is 10.2. The maximum atomic E-state index is 6.11. The second kappa shape index (κ2) is 10.3. The fourth-order valence-corrected chi connectivity index (χ4v) is 4.26. The summed E-state index contributed by atoms with van der Waals surface area (Å²) in [6, 6.07) is 5.51. The van der Waals surface area contributed by atoms with Crippen molar-refractivity contribution in [2.75, 3.05) is 10.6 Å². The van der Waals surface area contributed by atoms with Crippen LogP contribution in [0.4, 0.5) is 11.5 Å². The summed E-state index contributed by atoms with van der Waals surface area (Å²) in [6.45, 7) is 6.15. The first-order chi connectivity index (χ1) is 15.8. The summed E-state index contributed by atoms with van der Waals surface area (Å²) < 4.78 is 6.38. The van der Waals surface area contributed by atoms with Gasteiger partial charge in [-0.2, -0.15) is 15.3 Å². The number of benzene rings is 1. The molecule has 0 saturated heterocycles. The average Bonchev–Trinajstić information content (AvgIpc) is 3.45. The second-order valence-electron chi connectivity index (χ2n) is 7.35. The Kier molecular flexibility index (Phi) is 7.38. The summed E-state index contributed by atoms with van der Waals surface area (Å²) >= 11 is 21.1. The zero-order valence-corrected chi connectivity index (χ0v) is 21.8. The molecule has 0 aliphatic rings. The lowest BCUT2D eigenvalue weighted by Gasteiger charge is -2.07. The summed E-state index contributed by atoms with van der Waals surface area (Å²) in [5, 5.41) is 21.0. The molecule has 0 aliphatic heterocycles. The number of halogens is 3. The van der Waals surface area contributed by atoms with E-state index >= 15 is 0 Å². The number of rotatable bonds is 7. The maximum absolute atomic E-state index is 6.11. The van der Waals surface area contributed by atoms with Crippen LogP contribution in [0.3, 0.4) is 0 Å². The number of nitrogens with zero attached hydrogens (tertiary/aromatic N) is 6. The van der Waals surface area contributed by atoms with Crippen molar-refractivity contribution in [2.45, 2.75) is 33.5 Å². The second-order valence-corrected chi connectivity index (χ2v) is 9.43. The molecule has 0 amide bonds. The summed E-state index contributed by atoms with van der Waals surface area (Å²) in [5.41, 5.74) is 4.03. The van der Waals surface area contributed by atoms with Gasteiger partial charge in [0.05, 0.1) is 45.7 Å². The van der Waals surface area contributed by atoms with Gasteiger partial charge in [-0.25, -0.2) is 0 Å². The number of thiocarbonyl (C=S) groups is 1. The molecule has 3 heterocycles. The SMILES string of the molecule is CCn1ncc(Cn2cc(NC(=S)Nc3nn(Cc4ccc(Cl)c(Cl)c4)cc3Br)cn2)c1C. The molecule has 4 aromatic rings. The molecular weight excluding hydrogens is 547 g/mol. The van der Waals surface area contributed by atoms with Gasteiger partial charge in [-0.1, -0.05) is 29.3 Å². The highest BCUT2D eigenvalue weighted by atomic mass is 79.9. The van der Waals surface area contributed by atoms with E-state index in [9.17, 15) is 0 Å². The van der Waals surface area contributed by atoms with Crippen molar-refractivity contribution in [2.24, 2.45) is 0 Å². The van der Waals surface area contributed by atoms with E-state index in [0.29, 0.717) is 34.1 Å². The zero-order chi connectivity index (χ0) is 23.5. The third-order valence-electron chi connectivity index (χ3n) is 5.01. The van der Waals surface area contributed by atoms with Crippen LogP contribution in [0, 0.1) is 6.92 Å². The Morgan fingerprint density at radius 1 is 1.06 bits per heavy atom. The minimum atomic E-state index is 0.407. The standard InChI is InChI=1S/C21H21BrCl2N8S/c1-3-32-13(2)15(7-26-32)10-30-11-16(8-25-30)27-21(33)28-20-17(22)12-31(29-20)9-14-4-5-18(23)19(24)6-14/h4-8,11-12H,3,9-10H2,1-2H3,(H2,27,28,29,33). The molecule has 0 atom stereocenters. The van der Waals surface area contributed by atoms with Crippen molar-refractivity contribution in [3.05, 3.63) is 74.3 Å². The number of hydrogen-bond acceptors (Lipinski definition) is 4. The lowest BCUT2D eigenvalue weighted by molar-refractivity contribution is 0.633. The van der Waals surface area contributed by atoms with Crippen molar-refractivity contribution in [1.29, 1.82) is 0 Å². The predicted molar refractivity (Wildman–Crippen MR) is 139 cm³/mol. The molecule has 12 heteroatoms. The summed E-state index contributed by atoms with van der Waals surface area (Å²) in [6.07, 6.45) is 7.37. The minimum Gasteiger partial charge on any atom is -0.330 e. The Balaban J connectivity index is 1.36. The molecule has 0 fully saturated rings. The van der Waals surface area contributed by atoms with Gasteiger partial charge in [-0.05, 0) is 59.7 Å². The van der Waals surface area contributed by atoms with Gasteiger partial charge in [-0.3, -0.25) is 14.0 Å². The van der Waals surface area contributed by atoms with E-state index in [4.69, 9.17) is 35.4 Å². The summed E-state index contributed by atoms with van der Waals surface area (Å²) in [4.78, 5) is 0. The largest absolute Gasteiger partial charge is 0.330 e. The molecule has 0 bridgehead atoms. The van der Waals surface area contributed by atoms with Crippen LogP contribution in [-0.2, 0) is 19.6 Å². The Labute approximate surface area is 215 Å². The van der Waals surface area contributed by atoms with Crippen LogP contribution in [0.15, 0.2) is 47.5 Å². The van der Waals surface area contributed by atoms with Crippen molar-refractivity contribution in [3.8, 4) is 0 Å². The average molecular weight is 568 g/mol. The molecular formula is C21H21BrCl2N8S. The number of hydrogen-bond donors (Lipinski definition) is 2. The van der Waals surface area contributed by atoms with Crippen LogP contribution in [0.5, 0.6) is 0 Å². The topological polar surface area (TPSA) is 77.5 Å². The fourth-order valence-electron chi connectivity index (χ4n) is 3.31. The normalized spacial score (nSPS) is 11.1. The summed E-state index contributed by atoms with van der Waals surface area (Å²) in [5.74, 6) is 0.600. The number of nitrogens with one attached hydrogen (secondary N) is 2. The molecule has 0 aliphatic carbocycles. The number of anilines is 2. The highest BCUT2D eigenvalue weighted by Gasteiger charge is 2.11. The van der Waals surface area contributed by atoms with Gasteiger partial charge in [0.15, 0.2) is 10.9 Å². The van der Waals surface area contributed by atoms with Gasteiger partial charge in [0.2, 0.25) is 0 Å². The number of aromatic nitrogens is 6. The predicted octanol–water partition coefficient (Wildman–Crippen LogP) is 5.58. The Morgan fingerprint density at radius 2 is 1.88 bits per heavy atom. The van der Waals surface area contributed by atoms with Crippen molar-refractivity contribution in [1.82, 2.24) is 29.3 Å². The van der Waals surface area contributed by atoms with Crippen LogP contribution >= 0.6 is 51.3 Å². The molecule has 172 valence electrons. The van der Waals surface area contributed by atoms with E-state index in [1.54, 1.807) is 16.9 Å². The van der Waals surface area contributed by atoms with Gasteiger partial charge in [0.25, 0.3) is 0 Å². The van der Waals surface area contributed by atoms with Gasteiger partial charge >= 0.3 is 0 Å². The molecule has 4 rings (SSSR count). The third-order valence-corrected chi connectivity index (χ3v) is 6.53. The van der Waals surface area contributed by atoms with E-state index in [-0.39, 0.29) is 0 Å². The van der Waals surface area contributed by atoms with Gasteiger partial charge < -0.3 is 10.6 Å². The van der Waals surface area contributed by atoms with Crippen LogP contribution in [0.2, 0.25) is 10.0 Å². The monoisotopic (exact) mass is 566 g/mol. The van der Waals surface area contributed by atoms with Gasteiger partial charge in [-0.15, -0.1) is 0 Å². The molecule has 0 spiro atoms. The van der Waals surface area contributed by atoms with Crippen molar-refractivity contribution >= 4 is 68.0 Å². The van der Waals surface area contributed by atoms with E-state index in [0.717, 1.165) is 33.5 Å². The van der Waals surface area contributed by atoms with E-state index in [2.05, 4.69) is 55.7 Å². The van der Waals surface area contributed by atoms with E-state index in [1.165, 1.54) is 0 Å². The molecule has 3 aromatic heterocycles. The molecule has 2 N–H and O–H groups in total. The zero-order valence-electron chi connectivity index (χ0n) is 17.9. The van der Waals surface area contributed by atoms with E-state index in [1.807, 2.05) is 40.1 Å². The van der Waals surface area contributed by atoms with E-state index < -0.39 is 0 Å². The Hall–Kier alpha value is -2.40. The van der Waals surface area contributed by atoms with Crippen molar-refractivity contribution in [3.63, 3.8) is 0 Å². The molecule has 0 saturated carbocycles. The fraction of sp³-hybridized carbons (Fsp3) is 0.238. The van der Waals surface area contributed by atoms with Crippen molar-refractivity contribution < 1.29 is 0 Å². The minimum absolute atomic E-state index is 0.407. The molecule has 0 radical (unpaired) electrons. The first-order valence-corrected chi connectivity index (χ1v) is 12.1. The maximum Gasteiger partial charge on any atom is 0.176 e.